The van der Waals surface area contributed by atoms with Crippen molar-refractivity contribution in [2.75, 3.05) is 18.5 Å². The second kappa shape index (κ2) is 7.20. The second-order valence-corrected chi connectivity index (χ2v) is 6.38. The molecule has 1 unspecified atom stereocenters. The van der Waals surface area contributed by atoms with Gasteiger partial charge < -0.3 is 30.5 Å². The van der Waals surface area contributed by atoms with Crippen LogP contribution in [0.25, 0.3) is 0 Å². The number of para-hydroxylation sites is 2. The topological polar surface area (TPSA) is 126 Å². The molecule has 0 aromatic heterocycles. The summed E-state index contributed by atoms with van der Waals surface area (Å²) in [5, 5.41) is 16.3. The summed E-state index contributed by atoms with van der Waals surface area (Å²) in [5.74, 6) is -0.489. The SMILES string of the molecule is C[C@H](NC(=O)O)C(=O)NC1C(=O)Nc2ccccc2OC12CCOCC2. The quantitative estimate of drug-likeness (QED) is 0.627. The second-order valence-electron chi connectivity index (χ2n) is 6.38. The fourth-order valence-electron chi connectivity index (χ4n) is 3.20. The van der Waals surface area contributed by atoms with Gasteiger partial charge in [-0.2, -0.15) is 0 Å². The number of rotatable bonds is 3. The van der Waals surface area contributed by atoms with Crippen LogP contribution in [-0.4, -0.2) is 53.9 Å². The highest BCUT2D eigenvalue weighted by molar-refractivity contribution is 6.00. The molecule has 1 saturated heterocycles. The van der Waals surface area contributed by atoms with Gasteiger partial charge in [0.05, 0.1) is 18.9 Å². The first kappa shape index (κ1) is 18.0. The number of anilines is 1. The standard InChI is InChI=1S/C17H21N3O6/c1-10(18-16(23)24)14(21)20-13-15(22)19-11-4-2-3-5-12(11)26-17(13)6-8-25-9-7-17/h2-5,10,13,18H,6-9H2,1H3,(H,19,22)(H,20,21)(H,23,24)/t10-,13?/m0/s1. The number of amides is 3. The predicted molar refractivity (Wildman–Crippen MR) is 91.0 cm³/mol. The minimum atomic E-state index is -1.32. The van der Waals surface area contributed by atoms with Crippen LogP contribution in [0.4, 0.5) is 10.5 Å². The summed E-state index contributed by atoms with van der Waals surface area (Å²) in [5.41, 5.74) is -0.440. The van der Waals surface area contributed by atoms with E-state index in [1.54, 1.807) is 24.3 Å². The lowest BCUT2D eigenvalue weighted by Crippen LogP contribution is -2.64. The van der Waals surface area contributed by atoms with Crippen molar-refractivity contribution in [2.45, 2.75) is 37.5 Å². The molecule has 3 rings (SSSR count). The highest BCUT2D eigenvalue weighted by Crippen LogP contribution is 2.38. The molecule has 2 atom stereocenters. The lowest BCUT2D eigenvalue weighted by molar-refractivity contribution is -0.136. The normalized spacial score (nSPS) is 22.2. The van der Waals surface area contributed by atoms with Gasteiger partial charge >= 0.3 is 6.09 Å². The van der Waals surface area contributed by atoms with E-state index in [1.165, 1.54) is 6.92 Å². The van der Waals surface area contributed by atoms with Gasteiger partial charge in [0.25, 0.3) is 5.91 Å². The molecule has 1 aromatic carbocycles. The molecule has 0 radical (unpaired) electrons. The van der Waals surface area contributed by atoms with Crippen LogP contribution in [0.1, 0.15) is 19.8 Å². The third kappa shape index (κ3) is 3.57. The maximum Gasteiger partial charge on any atom is 0.405 e. The summed E-state index contributed by atoms with van der Waals surface area (Å²) in [7, 11) is 0. The van der Waals surface area contributed by atoms with E-state index in [2.05, 4.69) is 16.0 Å². The number of carbonyl (C=O) groups excluding carboxylic acids is 2. The average molecular weight is 363 g/mol. The van der Waals surface area contributed by atoms with E-state index in [0.29, 0.717) is 37.5 Å². The van der Waals surface area contributed by atoms with Crippen molar-refractivity contribution >= 4 is 23.6 Å². The molecule has 2 heterocycles. The van der Waals surface area contributed by atoms with Gasteiger partial charge in [-0.1, -0.05) is 12.1 Å². The summed E-state index contributed by atoms with van der Waals surface area (Å²) in [4.78, 5) is 36.0. The number of carboxylic acid groups (broad SMARTS) is 1. The molecule has 4 N–H and O–H groups in total. The third-order valence-electron chi connectivity index (χ3n) is 4.61. The first-order valence-electron chi connectivity index (χ1n) is 8.38. The lowest BCUT2D eigenvalue weighted by atomic mass is 9.85. The average Bonchev–Trinajstić information content (AvgIpc) is 2.70. The Morgan fingerprint density at radius 3 is 2.69 bits per heavy atom. The van der Waals surface area contributed by atoms with Gasteiger partial charge in [0.1, 0.15) is 23.4 Å². The van der Waals surface area contributed by atoms with Crippen LogP contribution in [0, 0.1) is 0 Å². The zero-order chi connectivity index (χ0) is 18.7. The van der Waals surface area contributed by atoms with Crippen molar-refractivity contribution in [1.82, 2.24) is 10.6 Å². The van der Waals surface area contributed by atoms with Gasteiger partial charge in [0, 0.05) is 12.8 Å². The minimum absolute atomic E-state index is 0.394. The highest BCUT2D eigenvalue weighted by atomic mass is 16.5. The Morgan fingerprint density at radius 1 is 1.31 bits per heavy atom. The van der Waals surface area contributed by atoms with E-state index in [0.717, 1.165) is 0 Å². The Balaban J connectivity index is 1.89. The number of benzene rings is 1. The number of carbonyl (C=O) groups is 3. The molecule has 9 heteroatoms. The van der Waals surface area contributed by atoms with Crippen molar-refractivity contribution in [3.8, 4) is 5.75 Å². The fourth-order valence-corrected chi connectivity index (χ4v) is 3.20. The largest absolute Gasteiger partial charge is 0.482 e. The third-order valence-corrected chi connectivity index (χ3v) is 4.61. The molecule has 2 aliphatic rings. The molecule has 1 fully saturated rings. The van der Waals surface area contributed by atoms with E-state index in [1.807, 2.05) is 0 Å². The van der Waals surface area contributed by atoms with E-state index in [-0.39, 0.29) is 0 Å². The molecule has 0 bridgehead atoms. The van der Waals surface area contributed by atoms with Crippen molar-refractivity contribution in [3.05, 3.63) is 24.3 Å². The van der Waals surface area contributed by atoms with E-state index < -0.39 is 35.6 Å². The highest BCUT2D eigenvalue weighted by Gasteiger charge is 2.49. The number of fused-ring (bicyclic) bond motifs is 1. The zero-order valence-electron chi connectivity index (χ0n) is 14.3. The fraction of sp³-hybridized carbons (Fsp3) is 0.471. The molecule has 2 aliphatic heterocycles. The van der Waals surface area contributed by atoms with Crippen LogP contribution < -0.4 is 20.7 Å². The predicted octanol–water partition coefficient (Wildman–Crippen LogP) is 0.708. The minimum Gasteiger partial charge on any atom is -0.482 e. The van der Waals surface area contributed by atoms with Crippen molar-refractivity contribution < 1.29 is 29.0 Å². The van der Waals surface area contributed by atoms with E-state index in [4.69, 9.17) is 14.6 Å². The summed E-state index contributed by atoms with van der Waals surface area (Å²) < 4.78 is 11.6. The molecular formula is C17H21N3O6. The Labute approximate surface area is 150 Å². The number of nitrogens with one attached hydrogen (secondary N) is 3. The van der Waals surface area contributed by atoms with Crippen LogP contribution in [0.2, 0.25) is 0 Å². The summed E-state index contributed by atoms with van der Waals surface area (Å²) in [6, 6.07) is 5.06. The molecule has 1 aromatic rings. The summed E-state index contributed by atoms with van der Waals surface area (Å²) >= 11 is 0. The number of hydrogen-bond acceptors (Lipinski definition) is 5. The Morgan fingerprint density at radius 2 is 2.00 bits per heavy atom. The van der Waals surface area contributed by atoms with Gasteiger partial charge in [-0.25, -0.2) is 4.79 Å². The maximum atomic E-state index is 12.8. The first-order chi connectivity index (χ1) is 12.4. The van der Waals surface area contributed by atoms with Gasteiger partial charge in [0.2, 0.25) is 5.91 Å². The first-order valence-corrected chi connectivity index (χ1v) is 8.38. The molecule has 9 nitrogen and oxygen atoms in total. The molecule has 0 aliphatic carbocycles. The summed E-state index contributed by atoms with van der Waals surface area (Å²) in [6.07, 6.45) is -0.483. The molecule has 26 heavy (non-hydrogen) atoms. The van der Waals surface area contributed by atoms with Crippen LogP contribution in [-0.2, 0) is 14.3 Å². The Hall–Kier alpha value is -2.81. The van der Waals surface area contributed by atoms with Crippen molar-refractivity contribution in [1.29, 1.82) is 0 Å². The number of ether oxygens (including phenoxy) is 2. The smallest absolute Gasteiger partial charge is 0.405 e. The zero-order valence-corrected chi connectivity index (χ0v) is 14.3. The Bertz CT molecular complexity index is 716. The van der Waals surface area contributed by atoms with Crippen LogP contribution in [0.5, 0.6) is 5.75 Å². The lowest BCUT2D eigenvalue weighted by Gasteiger charge is -2.41. The molecule has 1 spiro atoms. The number of hydrogen-bond donors (Lipinski definition) is 4. The molecular weight excluding hydrogens is 342 g/mol. The summed E-state index contributed by atoms with van der Waals surface area (Å²) in [6.45, 7) is 2.19. The van der Waals surface area contributed by atoms with Gasteiger partial charge in [-0.15, -0.1) is 0 Å². The van der Waals surface area contributed by atoms with E-state index >= 15 is 0 Å². The molecule has 0 saturated carbocycles. The van der Waals surface area contributed by atoms with Gasteiger partial charge in [0.15, 0.2) is 0 Å². The van der Waals surface area contributed by atoms with Crippen LogP contribution >= 0.6 is 0 Å². The molecule has 140 valence electrons. The van der Waals surface area contributed by atoms with Gasteiger partial charge in [-0.3, -0.25) is 9.59 Å². The van der Waals surface area contributed by atoms with E-state index in [9.17, 15) is 14.4 Å². The van der Waals surface area contributed by atoms with Crippen molar-refractivity contribution in [3.63, 3.8) is 0 Å². The maximum absolute atomic E-state index is 12.8. The van der Waals surface area contributed by atoms with Crippen LogP contribution in [0.3, 0.4) is 0 Å². The van der Waals surface area contributed by atoms with Crippen molar-refractivity contribution in [2.24, 2.45) is 0 Å². The van der Waals surface area contributed by atoms with Crippen LogP contribution in [0.15, 0.2) is 24.3 Å². The Kier molecular flexibility index (Phi) is 4.99. The monoisotopic (exact) mass is 363 g/mol. The molecule has 3 amide bonds. The van der Waals surface area contributed by atoms with Gasteiger partial charge in [-0.05, 0) is 19.1 Å².